The second-order valence-electron chi connectivity index (χ2n) is 4.04. The summed E-state index contributed by atoms with van der Waals surface area (Å²) in [6.45, 7) is 10.5. The first kappa shape index (κ1) is 17.9. The Balaban J connectivity index is 4.18. The first-order chi connectivity index (χ1) is 8.95. The number of nitrogens with zero attached hydrogens (tertiary/aromatic N) is 2. The molecular weight excluding hydrogens is 264 g/mol. The lowest BCUT2D eigenvalue weighted by Crippen LogP contribution is -2.37. The van der Waals surface area contributed by atoms with E-state index in [-0.39, 0.29) is 0 Å². The number of sulfonamides is 1. The molecule has 19 heavy (non-hydrogen) atoms. The van der Waals surface area contributed by atoms with Crippen molar-refractivity contribution in [2.24, 2.45) is 4.99 Å². The van der Waals surface area contributed by atoms with Crippen molar-refractivity contribution in [3.05, 3.63) is 12.7 Å². The van der Waals surface area contributed by atoms with Gasteiger partial charge in [0.25, 0.3) is 0 Å². The molecule has 0 aliphatic rings. The fourth-order valence-corrected chi connectivity index (χ4v) is 2.44. The average Bonchev–Trinajstić information content (AvgIpc) is 2.34. The first-order valence-electron chi connectivity index (χ1n) is 6.53. The topological polar surface area (TPSA) is 73.8 Å². The predicted octanol–water partition coefficient (Wildman–Crippen LogP) is 0.399. The standard InChI is InChI=1S/C12H26N4O2S/c1-5-9-14-12(13-6-2)15-10-8-11-16(7-3)19(4,17)18/h5H,1,6-11H2,2-4H3,(H2,13,14,15). The lowest BCUT2D eigenvalue weighted by Gasteiger charge is -2.17. The molecule has 0 fully saturated rings. The molecular formula is C12H26N4O2S. The smallest absolute Gasteiger partial charge is 0.211 e. The van der Waals surface area contributed by atoms with Gasteiger partial charge in [0.1, 0.15) is 0 Å². The fourth-order valence-electron chi connectivity index (χ4n) is 1.51. The summed E-state index contributed by atoms with van der Waals surface area (Å²) in [6.07, 6.45) is 3.69. The van der Waals surface area contributed by atoms with E-state index in [1.165, 1.54) is 10.6 Å². The van der Waals surface area contributed by atoms with E-state index in [9.17, 15) is 8.42 Å². The highest BCUT2D eigenvalue weighted by atomic mass is 32.2. The SMILES string of the molecule is C=CCNC(=NCCCN(CC)S(C)(=O)=O)NCC. The third kappa shape index (κ3) is 8.61. The molecule has 0 radical (unpaired) electrons. The van der Waals surface area contributed by atoms with Crippen molar-refractivity contribution in [1.82, 2.24) is 14.9 Å². The van der Waals surface area contributed by atoms with Crippen LogP contribution in [-0.4, -0.2) is 57.7 Å². The third-order valence-corrected chi connectivity index (χ3v) is 3.79. The van der Waals surface area contributed by atoms with E-state index >= 15 is 0 Å². The molecule has 0 heterocycles. The van der Waals surface area contributed by atoms with Crippen molar-refractivity contribution >= 4 is 16.0 Å². The van der Waals surface area contributed by atoms with Gasteiger partial charge in [0, 0.05) is 32.7 Å². The summed E-state index contributed by atoms with van der Waals surface area (Å²) in [5, 5.41) is 6.20. The molecule has 0 unspecified atom stereocenters. The summed E-state index contributed by atoms with van der Waals surface area (Å²) in [6, 6.07) is 0. The van der Waals surface area contributed by atoms with Gasteiger partial charge in [-0.25, -0.2) is 12.7 Å². The Morgan fingerprint density at radius 2 is 2.05 bits per heavy atom. The van der Waals surface area contributed by atoms with Crippen LogP contribution in [0.2, 0.25) is 0 Å². The van der Waals surface area contributed by atoms with Gasteiger partial charge < -0.3 is 10.6 Å². The summed E-state index contributed by atoms with van der Waals surface area (Å²) in [4.78, 5) is 4.36. The van der Waals surface area contributed by atoms with Crippen LogP contribution in [0, 0.1) is 0 Å². The van der Waals surface area contributed by atoms with Crippen LogP contribution >= 0.6 is 0 Å². The Morgan fingerprint density at radius 3 is 2.53 bits per heavy atom. The van der Waals surface area contributed by atoms with Crippen LogP contribution in [0.1, 0.15) is 20.3 Å². The Bertz CT molecular complexity index is 379. The molecule has 0 aromatic rings. The van der Waals surface area contributed by atoms with Crippen molar-refractivity contribution in [3.63, 3.8) is 0 Å². The molecule has 0 aliphatic carbocycles. The molecule has 0 atom stereocenters. The number of hydrogen-bond acceptors (Lipinski definition) is 3. The highest BCUT2D eigenvalue weighted by Crippen LogP contribution is 1.98. The van der Waals surface area contributed by atoms with Gasteiger partial charge in [-0.1, -0.05) is 13.0 Å². The van der Waals surface area contributed by atoms with Gasteiger partial charge >= 0.3 is 0 Å². The maximum absolute atomic E-state index is 11.4. The molecule has 7 heteroatoms. The van der Waals surface area contributed by atoms with Gasteiger partial charge in [-0.05, 0) is 13.3 Å². The van der Waals surface area contributed by atoms with Crippen molar-refractivity contribution < 1.29 is 8.42 Å². The highest BCUT2D eigenvalue weighted by Gasteiger charge is 2.12. The van der Waals surface area contributed by atoms with Gasteiger partial charge in [0.15, 0.2) is 5.96 Å². The molecule has 0 aromatic carbocycles. The lowest BCUT2D eigenvalue weighted by molar-refractivity contribution is 0.427. The Morgan fingerprint density at radius 1 is 1.37 bits per heavy atom. The van der Waals surface area contributed by atoms with E-state index in [2.05, 4.69) is 22.2 Å². The molecule has 112 valence electrons. The average molecular weight is 290 g/mol. The summed E-state index contributed by atoms with van der Waals surface area (Å²) in [5.74, 6) is 0.727. The zero-order chi connectivity index (χ0) is 14.7. The normalized spacial score (nSPS) is 12.5. The van der Waals surface area contributed by atoms with E-state index in [1.54, 1.807) is 6.08 Å². The Labute approximate surface area is 117 Å². The summed E-state index contributed by atoms with van der Waals surface area (Å²) >= 11 is 0. The van der Waals surface area contributed by atoms with Crippen LogP contribution in [-0.2, 0) is 10.0 Å². The Kier molecular flexibility index (Phi) is 9.24. The second-order valence-corrected chi connectivity index (χ2v) is 6.02. The molecule has 0 aliphatic heterocycles. The number of nitrogens with one attached hydrogen (secondary N) is 2. The van der Waals surface area contributed by atoms with Crippen LogP contribution in [0.3, 0.4) is 0 Å². The third-order valence-electron chi connectivity index (χ3n) is 2.42. The summed E-state index contributed by atoms with van der Waals surface area (Å²) < 4.78 is 24.2. The van der Waals surface area contributed by atoms with E-state index in [0.29, 0.717) is 32.6 Å². The zero-order valence-electron chi connectivity index (χ0n) is 12.1. The minimum Gasteiger partial charge on any atom is -0.357 e. The van der Waals surface area contributed by atoms with Crippen LogP contribution in [0.25, 0.3) is 0 Å². The van der Waals surface area contributed by atoms with Crippen LogP contribution in [0.4, 0.5) is 0 Å². The molecule has 6 nitrogen and oxygen atoms in total. The van der Waals surface area contributed by atoms with Crippen LogP contribution in [0.15, 0.2) is 17.6 Å². The zero-order valence-corrected chi connectivity index (χ0v) is 13.0. The highest BCUT2D eigenvalue weighted by molar-refractivity contribution is 7.88. The van der Waals surface area contributed by atoms with Crippen molar-refractivity contribution in [3.8, 4) is 0 Å². The summed E-state index contributed by atoms with van der Waals surface area (Å²) in [5.41, 5.74) is 0. The second kappa shape index (κ2) is 9.80. The van der Waals surface area contributed by atoms with Gasteiger partial charge in [-0.3, -0.25) is 4.99 Å². The number of guanidine groups is 1. The summed E-state index contributed by atoms with van der Waals surface area (Å²) in [7, 11) is -3.10. The Hall–Kier alpha value is -1.08. The monoisotopic (exact) mass is 290 g/mol. The van der Waals surface area contributed by atoms with Gasteiger partial charge in [-0.15, -0.1) is 6.58 Å². The molecule has 2 N–H and O–H groups in total. The van der Waals surface area contributed by atoms with E-state index < -0.39 is 10.0 Å². The molecule has 0 aromatic heterocycles. The maximum Gasteiger partial charge on any atom is 0.211 e. The predicted molar refractivity (Wildman–Crippen MR) is 80.9 cm³/mol. The molecule has 0 rings (SSSR count). The number of hydrogen-bond donors (Lipinski definition) is 2. The van der Waals surface area contributed by atoms with E-state index in [0.717, 1.165) is 12.5 Å². The molecule has 0 spiro atoms. The molecule has 0 saturated heterocycles. The largest absolute Gasteiger partial charge is 0.357 e. The number of aliphatic imine (C=N–C) groups is 1. The van der Waals surface area contributed by atoms with Crippen LogP contribution < -0.4 is 10.6 Å². The lowest BCUT2D eigenvalue weighted by atomic mass is 10.4. The van der Waals surface area contributed by atoms with Gasteiger partial charge in [0.05, 0.1) is 6.26 Å². The molecule has 0 amide bonds. The van der Waals surface area contributed by atoms with Gasteiger partial charge in [-0.2, -0.15) is 0 Å². The maximum atomic E-state index is 11.4. The first-order valence-corrected chi connectivity index (χ1v) is 8.38. The van der Waals surface area contributed by atoms with E-state index in [1.807, 2.05) is 13.8 Å². The minimum atomic E-state index is -3.10. The van der Waals surface area contributed by atoms with Gasteiger partial charge in [0.2, 0.25) is 10.0 Å². The van der Waals surface area contributed by atoms with Crippen molar-refractivity contribution in [2.45, 2.75) is 20.3 Å². The van der Waals surface area contributed by atoms with Crippen molar-refractivity contribution in [2.75, 3.05) is 39.0 Å². The van der Waals surface area contributed by atoms with E-state index in [4.69, 9.17) is 0 Å². The molecule has 0 bridgehead atoms. The molecule has 0 saturated carbocycles. The minimum absolute atomic E-state index is 0.497. The quantitative estimate of drug-likeness (QED) is 0.279. The fraction of sp³-hybridized carbons (Fsp3) is 0.750. The number of rotatable bonds is 9. The van der Waals surface area contributed by atoms with Crippen LogP contribution in [0.5, 0.6) is 0 Å². The van der Waals surface area contributed by atoms with Crippen molar-refractivity contribution in [1.29, 1.82) is 0 Å².